The van der Waals surface area contributed by atoms with Crippen LogP contribution in [0.5, 0.6) is 0 Å². The van der Waals surface area contributed by atoms with Gasteiger partial charge in [0.05, 0.1) is 22.6 Å². The van der Waals surface area contributed by atoms with E-state index in [0.29, 0.717) is 38.9 Å². The van der Waals surface area contributed by atoms with Crippen molar-refractivity contribution in [3.63, 3.8) is 0 Å². The van der Waals surface area contributed by atoms with Gasteiger partial charge in [0, 0.05) is 35.8 Å². The minimum Gasteiger partial charge on any atom is -0.341 e. The number of halogens is 1. The smallest absolute Gasteiger partial charge is 0.266 e. The summed E-state index contributed by atoms with van der Waals surface area (Å²) in [6, 6.07) is 13.9. The van der Waals surface area contributed by atoms with Crippen LogP contribution in [0.4, 0.5) is 0 Å². The molecule has 1 spiro atoms. The molecule has 3 aromatic rings. The van der Waals surface area contributed by atoms with Crippen LogP contribution < -0.4 is 16.6 Å². The van der Waals surface area contributed by atoms with Gasteiger partial charge in [-0.1, -0.05) is 41.6 Å². The molecule has 5 rings (SSSR count). The van der Waals surface area contributed by atoms with Gasteiger partial charge in [-0.05, 0) is 69.0 Å². The molecule has 2 aliphatic rings. The fourth-order valence-electron chi connectivity index (χ4n) is 5.46. The van der Waals surface area contributed by atoms with Gasteiger partial charge in [-0.2, -0.15) is 0 Å². The highest BCUT2D eigenvalue weighted by Gasteiger charge is 2.38. The zero-order chi connectivity index (χ0) is 25.1. The van der Waals surface area contributed by atoms with E-state index in [4.69, 9.17) is 22.3 Å². The van der Waals surface area contributed by atoms with Gasteiger partial charge in [0.1, 0.15) is 0 Å². The summed E-state index contributed by atoms with van der Waals surface area (Å²) in [4.78, 5) is 33.3. The highest BCUT2D eigenvalue weighted by molar-refractivity contribution is 7.99. The van der Waals surface area contributed by atoms with Crippen molar-refractivity contribution in [3.05, 3.63) is 63.9 Å². The summed E-state index contributed by atoms with van der Waals surface area (Å²) in [7, 11) is 0. The zero-order valence-electron chi connectivity index (χ0n) is 20.3. The molecule has 1 amide bonds. The number of nitrogens with one attached hydrogen (secondary N) is 1. The van der Waals surface area contributed by atoms with E-state index in [-0.39, 0.29) is 16.9 Å². The maximum Gasteiger partial charge on any atom is 0.266 e. The van der Waals surface area contributed by atoms with E-state index in [9.17, 15) is 9.59 Å². The Morgan fingerprint density at radius 3 is 2.83 bits per heavy atom. The van der Waals surface area contributed by atoms with Crippen LogP contribution in [-0.4, -0.2) is 58.3 Å². The molecule has 2 saturated heterocycles. The fraction of sp³-hybridized carbons (Fsp3) is 0.444. The number of rotatable bonds is 6. The maximum absolute atomic E-state index is 13.4. The van der Waals surface area contributed by atoms with Crippen molar-refractivity contribution in [2.45, 2.75) is 43.3 Å². The van der Waals surface area contributed by atoms with Gasteiger partial charge in [0.25, 0.3) is 5.56 Å². The van der Waals surface area contributed by atoms with Crippen LogP contribution in [0, 0.1) is 5.41 Å². The Balaban J connectivity index is 1.31. The van der Waals surface area contributed by atoms with Crippen LogP contribution >= 0.6 is 23.4 Å². The number of hydrogen-bond acceptors (Lipinski definition) is 6. The number of amides is 1. The summed E-state index contributed by atoms with van der Waals surface area (Å²) >= 11 is 7.66. The predicted molar refractivity (Wildman–Crippen MR) is 146 cm³/mol. The first-order chi connectivity index (χ1) is 17.5. The number of hydrogen-bond donors (Lipinski definition) is 2. The van der Waals surface area contributed by atoms with Crippen molar-refractivity contribution in [2.75, 3.05) is 31.9 Å². The van der Waals surface area contributed by atoms with Crippen LogP contribution in [0.25, 0.3) is 16.6 Å². The first-order valence-corrected chi connectivity index (χ1v) is 14.0. The van der Waals surface area contributed by atoms with Gasteiger partial charge in [0.2, 0.25) is 5.91 Å². The third-order valence-corrected chi connectivity index (χ3v) is 8.53. The number of carbonyl (C=O) groups excluding carboxylic acids is 1. The number of thioether (sulfide) groups is 1. The third kappa shape index (κ3) is 5.32. The average Bonchev–Trinajstić information content (AvgIpc) is 2.89. The molecule has 2 fully saturated rings. The van der Waals surface area contributed by atoms with E-state index >= 15 is 0 Å². The van der Waals surface area contributed by atoms with Crippen molar-refractivity contribution in [1.82, 2.24) is 19.8 Å². The van der Waals surface area contributed by atoms with E-state index in [1.54, 1.807) is 22.8 Å². The lowest BCUT2D eigenvalue weighted by Gasteiger charge is -2.46. The van der Waals surface area contributed by atoms with Crippen molar-refractivity contribution in [2.24, 2.45) is 11.1 Å². The number of benzene rings is 2. The number of nitrogens with zero attached hydrogens (tertiary/aromatic N) is 3. The van der Waals surface area contributed by atoms with E-state index in [0.717, 1.165) is 39.0 Å². The first-order valence-electron chi connectivity index (χ1n) is 12.6. The second-order valence-electron chi connectivity index (χ2n) is 9.92. The van der Waals surface area contributed by atoms with Crippen LogP contribution in [-0.2, 0) is 4.79 Å². The molecule has 0 bridgehead atoms. The number of piperidine rings is 2. The van der Waals surface area contributed by atoms with Crippen molar-refractivity contribution in [3.8, 4) is 5.69 Å². The molecule has 2 aromatic carbocycles. The molecule has 2 aliphatic heterocycles. The Bertz CT molecular complexity index is 1300. The third-order valence-electron chi connectivity index (χ3n) is 7.32. The molecule has 2 unspecified atom stereocenters. The number of fused-ring (bicyclic) bond motifs is 1. The molecular formula is C27H32ClN5O2S. The highest BCUT2D eigenvalue weighted by atomic mass is 35.5. The second-order valence-corrected chi connectivity index (χ2v) is 11.4. The van der Waals surface area contributed by atoms with Crippen molar-refractivity contribution in [1.29, 1.82) is 0 Å². The Kier molecular flexibility index (Phi) is 7.67. The summed E-state index contributed by atoms with van der Waals surface area (Å²) in [6.45, 7) is 3.62. The monoisotopic (exact) mass is 525 g/mol. The molecule has 0 aliphatic carbocycles. The number of likely N-dealkylation sites (tertiary alicyclic amines) is 1. The predicted octanol–water partition coefficient (Wildman–Crippen LogP) is 3.84. The number of aromatic nitrogens is 2. The molecule has 3 N–H and O–H groups in total. The molecule has 0 radical (unpaired) electrons. The van der Waals surface area contributed by atoms with Gasteiger partial charge in [-0.15, -0.1) is 0 Å². The fourth-order valence-corrected chi connectivity index (χ4v) is 6.68. The van der Waals surface area contributed by atoms with E-state index in [2.05, 4.69) is 5.32 Å². The number of para-hydroxylation sites is 1. The van der Waals surface area contributed by atoms with Crippen LogP contribution in [0.3, 0.4) is 0 Å². The lowest BCUT2D eigenvalue weighted by atomic mass is 9.74. The normalized spacial score (nSPS) is 21.1. The van der Waals surface area contributed by atoms with Gasteiger partial charge in [0.15, 0.2) is 5.16 Å². The van der Waals surface area contributed by atoms with Crippen molar-refractivity contribution < 1.29 is 4.79 Å². The minimum absolute atomic E-state index is 0.0268. The lowest BCUT2D eigenvalue weighted by Crippen LogP contribution is -2.55. The lowest BCUT2D eigenvalue weighted by molar-refractivity contribution is -0.136. The molecule has 9 heteroatoms. The molecule has 2 atom stereocenters. The highest BCUT2D eigenvalue weighted by Crippen LogP contribution is 2.36. The summed E-state index contributed by atoms with van der Waals surface area (Å²) < 4.78 is 1.59. The summed E-state index contributed by atoms with van der Waals surface area (Å²) in [5.74, 6) is 0.595. The Morgan fingerprint density at radius 1 is 1.19 bits per heavy atom. The SMILES string of the molecule is NC(CCSc1nc2ccccc2c(=O)n1-c1cccc(Cl)c1)C(=O)N1CCCC2(CCCNC2)C1. The Labute approximate surface area is 220 Å². The van der Waals surface area contributed by atoms with E-state index < -0.39 is 6.04 Å². The molecule has 1 aromatic heterocycles. The molecule has 36 heavy (non-hydrogen) atoms. The summed E-state index contributed by atoms with van der Waals surface area (Å²) in [6.07, 6.45) is 5.04. The molecule has 0 saturated carbocycles. The largest absolute Gasteiger partial charge is 0.341 e. The molecular weight excluding hydrogens is 494 g/mol. The average molecular weight is 526 g/mol. The first kappa shape index (κ1) is 25.3. The second kappa shape index (κ2) is 10.9. The van der Waals surface area contributed by atoms with E-state index in [1.165, 1.54) is 24.6 Å². The number of nitrogens with two attached hydrogens (primary N) is 1. The topological polar surface area (TPSA) is 93.2 Å². The standard InChI is InChI=1S/C27H32ClN5O2S/c28-19-6-3-7-20(16-19)33-24(34)21-8-1-2-9-23(21)31-26(33)36-15-10-22(29)25(35)32-14-5-12-27(18-32)11-4-13-30-17-27/h1-3,6-9,16,22,30H,4-5,10-15,17-18,29H2. The maximum atomic E-state index is 13.4. The van der Waals surface area contributed by atoms with Gasteiger partial charge in [-0.3, -0.25) is 14.2 Å². The summed E-state index contributed by atoms with van der Waals surface area (Å²) in [5.41, 5.74) is 7.74. The molecule has 7 nitrogen and oxygen atoms in total. The Hall–Kier alpha value is -2.39. The van der Waals surface area contributed by atoms with Gasteiger partial charge in [-0.25, -0.2) is 4.98 Å². The summed E-state index contributed by atoms with van der Waals surface area (Å²) in [5, 5.41) is 5.16. The van der Waals surface area contributed by atoms with Gasteiger partial charge >= 0.3 is 0 Å². The quantitative estimate of drug-likeness (QED) is 0.375. The van der Waals surface area contributed by atoms with Crippen LogP contribution in [0.1, 0.15) is 32.1 Å². The number of carbonyl (C=O) groups is 1. The molecule has 190 valence electrons. The molecule has 3 heterocycles. The van der Waals surface area contributed by atoms with E-state index in [1.807, 2.05) is 35.2 Å². The van der Waals surface area contributed by atoms with Crippen LogP contribution in [0.15, 0.2) is 58.5 Å². The Morgan fingerprint density at radius 2 is 2.03 bits per heavy atom. The van der Waals surface area contributed by atoms with Crippen LogP contribution in [0.2, 0.25) is 5.02 Å². The van der Waals surface area contributed by atoms with Gasteiger partial charge < -0.3 is 16.0 Å². The zero-order valence-corrected chi connectivity index (χ0v) is 21.9. The minimum atomic E-state index is -0.573. The van der Waals surface area contributed by atoms with Crippen molar-refractivity contribution >= 4 is 40.2 Å².